The van der Waals surface area contributed by atoms with Crippen molar-refractivity contribution in [1.82, 2.24) is 10.2 Å². The Morgan fingerprint density at radius 2 is 1.71 bits per heavy atom. The minimum Gasteiger partial charge on any atom is -0.494 e. The van der Waals surface area contributed by atoms with E-state index in [0.717, 1.165) is 37.2 Å². The molecule has 1 fully saturated rings. The normalized spacial score (nSPS) is 14.6. The molecule has 0 spiro atoms. The Morgan fingerprint density at radius 3 is 2.29 bits per heavy atom. The number of anilines is 1. The third kappa shape index (κ3) is 5.18. The molecular formula is C23H31N3O2. The Hall–Kier alpha value is -2.69. The van der Waals surface area contributed by atoms with Crippen molar-refractivity contribution in [3.63, 3.8) is 0 Å². The van der Waals surface area contributed by atoms with E-state index in [1.807, 2.05) is 6.92 Å². The van der Waals surface area contributed by atoms with Crippen LogP contribution in [0.4, 0.5) is 10.5 Å². The number of urea groups is 1. The van der Waals surface area contributed by atoms with E-state index in [0.29, 0.717) is 19.1 Å². The zero-order valence-electron chi connectivity index (χ0n) is 17.1. The summed E-state index contributed by atoms with van der Waals surface area (Å²) in [5.74, 6) is 1.53. The maximum absolute atomic E-state index is 11.6. The first-order valence-electron chi connectivity index (χ1n) is 10.1. The maximum Gasteiger partial charge on any atom is 0.317 e. The van der Waals surface area contributed by atoms with Gasteiger partial charge in [-0.05, 0) is 61.1 Å². The van der Waals surface area contributed by atoms with E-state index in [1.165, 1.54) is 11.3 Å². The summed E-state index contributed by atoms with van der Waals surface area (Å²) in [6, 6.07) is 17.0. The van der Waals surface area contributed by atoms with E-state index in [4.69, 9.17) is 4.74 Å². The summed E-state index contributed by atoms with van der Waals surface area (Å²) >= 11 is 0. The second-order valence-electron chi connectivity index (χ2n) is 7.48. The van der Waals surface area contributed by atoms with Gasteiger partial charge in [-0.25, -0.2) is 4.79 Å². The fourth-order valence-electron chi connectivity index (χ4n) is 3.63. The van der Waals surface area contributed by atoms with Crippen molar-refractivity contribution >= 4 is 11.7 Å². The highest BCUT2D eigenvalue weighted by Crippen LogP contribution is 2.31. The highest BCUT2D eigenvalue weighted by atomic mass is 16.5. The lowest BCUT2D eigenvalue weighted by atomic mass is 9.89. The van der Waals surface area contributed by atoms with Crippen molar-refractivity contribution in [3.8, 4) is 5.75 Å². The lowest BCUT2D eigenvalue weighted by Crippen LogP contribution is -2.34. The van der Waals surface area contributed by atoms with Gasteiger partial charge in [-0.2, -0.15) is 0 Å². The third-order valence-electron chi connectivity index (χ3n) is 5.31. The maximum atomic E-state index is 11.6. The molecule has 0 bridgehead atoms. The molecule has 1 saturated heterocycles. The molecule has 0 saturated carbocycles. The largest absolute Gasteiger partial charge is 0.494 e. The number of carbonyl (C=O) groups is 1. The molecule has 2 aromatic rings. The second-order valence-corrected chi connectivity index (χ2v) is 7.48. The van der Waals surface area contributed by atoms with Crippen LogP contribution >= 0.6 is 0 Å². The predicted molar refractivity (Wildman–Crippen MR) is 114 cm³/mol. The molecule has 1 aliphatic heterocycles. The van der Waals surface area contributed by atoms with Crippen LogP contribution < -0.4 is 15.0 Å². The molecular weight excluding hydrogens is 350 g/mol. The molecule has 3 rings (SSSR count). The van der Waals surface area contributed by atoms with E-state index in [-0.39, 0.29) is 6.03 Å². The molecule has 0 aromatic heterocycles. The number of amides is 2. The Labute approximate surface area is 168 Å². The summed E-state index contributed by atoms with van der Waals surface area (Å²) in [7, 11) is 3.50. The average Bonchev–Trinajstić information content (AvgIpc) is 2.73. The van der Waals surface area contributed by atoms with Gasteiger partial charge in [0.2, 0.25) is 0 Å². The van der Waals surface area contributed by atoms with Crippen molar-refractivity contribution in [2.75, 3.05) is 38.7 Å². The highest BCUT2D eigenvalue weighted by Gasteiger charge is 2.20. The second kappa shape index (κ2) is 9.49. The van der Waals surface area contributed by atoms with Gasteiger partial charge >= 0.3 is 6.03 Å². The first kappa shape index (κ1) is 20.1. The van der Waals surface area contributed by atoms with Gasteiger partial charge in [0.25, 0.3) is 0 Å². The molecule has 2 amide bonds. The molecule has 1 aliphatic rings. The highest BCUT2D eigenvalue weighted by molar-refractivity contribution is 5.73. The van der Waals surface area contributed by atoms with Gasteiger partial charge < -0.3 is 19.9 Å². The molecule has 150 valence electrons. The molecule has 5 nitrogen and oxygen atoms in total. The Kier molecular flexibility index (Phi) is 6.80. The summed E-state index contributed by atoms with van der Waals surface area (Å²) in [5, 5.41) is 2.90. The first-order valence-corrected chi connectivity index (χ1v) is 10.1. The van der Waals surface area contributed by atoms with Crippen LogP contribution in [0.3, 0.4) is 0 Å². The van der Waals surface area contributed by atoms with E-state index in [2.05, 4.69) is 58.7 Å². The minimum atomic E-state index is -0.0641. The number of rotatable bonds is 6. The summed E-state index contributed by atoms with van der Waals surface area (Å²) < 4.78 is 5.53. The lowest BCUT2D eigenvalue weighted by molar-refractivity contribution is 0.217. The number of benzene rings is 2. The average molecular weight is 382 g/mol. The van der Waals surface area contributed by atoms with E-state index < -0.39 is 0 Å². The summed E-state index contributed by atoms with van der Waals surface area (Å²) in [6.45, 7) is 5.41. The van der Waals surface area contributed by atoms with Crippen molar-refractivity contribution < 1.29 is 9.53 Å². The van der Waals surface area contributed by atoms with Crippen molar-refractivity contribution in [3.05, 3.63) is 59.7 Å². The van der Waals surface area contributed by atoms with Gasteiger partial charge in [0.05, 0.1) is 6.61 Å². The third-order valence-corrected chi connectivity index (χ3v) is 5.31. The summed E-state index contributed by atoms with van der Waals surface area (Å²) in [6.07, 6.45) is 2.31. The van der Waals surface area contributed by atoms with Gasteiger partial charge in [0.1, 0.15) is 5.75 Å². The van der Waals surface area contributed by atoms with Crippen LogP contribution in [-0.4, -0.2) is 44.7 Å². The lowest BCUT2D eigenvalue weighted by Gasteiger charge is -2.34. The van der Waals surface area contributed by atoms with E-state index in [1.54, 1.807) is 19.0 Å². The number of carbonyl (C=O) groups excluding carboxylic acids is 1. The molecule has 0 radical (unpaired) electrons. The minimum absolute atomic E-state index is 0.0641. The number of hydrogen-bond acceptors (Lipinski definition) is 3. The van der Waals surface area contributed by atoms with Crippen molar-refractivity contribution in [2.24, 2.45) is 0 Å². The summed E-state index contributed by atoms with van der Waals surface area (Å²) in [4.78, 5) is 15.6. The Bertz CT molecular complexity index is 748. The fourth-order valence-corrected chi connectivity index (χ4v) is 3.63. The van der Waals surface area contributed by atoms with Gasteiger partial charge in [-0.1, -0.05) is 24.3 Å². The Morgan fingerprint density at radius 1 is 1.07 bits per heavy atom. The van der Waals surface area contributed by atoms with Gasteiger partial charge in [-0.15, -0.1) is 0 Å². The van der Waals surface area contributed by atoms with Crippen LogP contribution in [0.2, 0.25) is 0 Å². The van der Waals surface area contributed by atoms with Crippen LogP contribution in [0.5, 0.6) is 5.75 Å². The van der Waals surface area contributed by atoms with Crippen LogP contribution in [0.15, 0.2) is 48.5 Å². The van der Waals surface area contributed by atoms with Crippen molar-refractivity contribution in [2.45, 2.75) is 32.2 Å². The SMILES string of the molecule is CCOc1ccc(N2CCC(c3ccc(CNC(=O)N(C)C)cc3)CC2)cc1. The molecule has 5 heteroatoms. The van der Waals surface area contributed by atoms with Gasteiger partial charge in [-0.3, -0.25) is 0 Å². The van der Waals surface area contributed by atoms with Crippen molar-refractivity contribution in [1.29, 1.82) is 0 Å². The Balaban J connectivity index is 1.51. The molecule has 0 aliphatic carbocycles. The number of nitrogens with zero attached hydrogens (tertiary/aromatic N) is 2. The monoisotopic (exact) mass is 381 g/mol. The smallest absolute Gasteiger partial charge is 0.317 e. The first-order chi connectivity index (χ1) is 13.6. The molecule has 2 aromatic carbocycles. The fraction of sp³-hybridized carbons (Fsp3) is 0.435. The molecule has 28 heavy (non-hydrogen) atoms. The number of nitrogens with one attached hydrogen (secondary N) is 1. The van der Waals surface area contributed by atoms with Gasteiger partial charge in [0.15, 0.2) is 0 Å². The van der Waals surface area contributed by atoms with Crippen LogP contribution in [0.1, 0.15) is 36.8 Å². The number of ether oxygens (including phenoxy) is 1. The van der Waals surface area contributed by atoms with Crippen LogP contribution in [0, 0.1) is 0 Å². The number of hydrogen-bond donors (Lipinski definition) is 1. The zero-order valence-corrected chi connectivity index (χ0v) is 17.1. The molecule has 0 atom stereocenters. The van der Waals surface area contributed by atoms with E-state index in [9.17, 15) is 4.79 Å². The van der Waals surface area contributed by atoms with Gasteiger partial charge in [0, 0.05) is 39.4 Å². The molecule has 0 unspecified atom stereocenters. The predicted octanol–water partition coefficient (Wildman–Crippen LogP) is 4.24. The topological polar surface area (TPSA) is 44.8 Å². The van der Waals surface area contributed by atoms with Crippen LogP contribution in [-0.2, 0) is 6.54 Å². The number of piperidine rings is 1. The quantitative estimate of drug-likeness (QED) is 0.814. The van der Waals surface area contributed by atoms with E-state index >= 15 is 0 Å². The molecule has 1 N–H and O–H groups in total. The zero-order chi connectivity index (χ0) is 19.9. The standard InChI is InChI=1S/C23H31N3O2/c1-4-28-22-11-9-21(10-12-22)26-15-13-20(14-16-26)19-7-5-18(6-8-19)17-24-23(27)25(2)3/h5-12,20H,4,13-17H2,1-3H3,(H,24,27). The van der Waals surface area contributed by atoms with Crippen LogP contribution in [0.25, 0.3) is 0 Å². The molecule has 1 heterocycles. The summed E-state index contributed by atoms with van der Waals surface area (Å²) in [5.41, 5.74) is 3.80.